The van der Waals surface area contributed by atoms with Gasteiger partial charge in [-0.3, -0.25) is 0 Å². The molecule has 4 aromatic rings. The first-order chi connectivity index (χ1) is 14.0. The van der Waals surface area contributed by atoms with E-state index in [0.717, 1.165) is 17.9 Å². The lowest BCUT2D eigenvalue weighted by Crippen LogP contribution is -2.70. The van der Waals surface area contributed by atoms with Crippen LogP contribution < -0.4 is 20.7 Å². The summed E-state index contributed by atoms with van der Waals surface area (Å²) < 4.78 is 4.49. The zero-order chi connectivity index (χ0) is 19.9. The van der Waals surface area contributed by atoms with Crippen LogP contribution in [0.15, 0.2) is 90.7 Å². The van der Waals surface area contributed by atoms with Gasteiger partial charge in [0.25, 0.3) is 0 Å². The van der Waals surface area contributed by atoms with Crippen molar-refractivity contribution in [1.29, 1.82) is 0 Å². The van der Waals surface area contributed by atoms with Crippen LogP contribution in [-0.4, -0.2) is 8.07 Å². The highest BCUT2D eigenvalue weighted by molar-refractivity contribution is 9.11. The largest absolute Gasteiger partial charge is 0.182 e. The fraction of sp³-hybridized carbons (Fsp3) is 0. The molecule has 0 saturated heterocycles. The maximum atomic E-state index is 3.71. The van der Waals surface area contributed by atoms with Crippen LogP contribution in [0.25, 0.3) is 22.3 Å². The quantitative estimate of drug-likeness (QED) is 0.176. The van der Waals surface area contributed by atoms with Gasteiger partial charge in [-0.1, -0.05) is 88.0 Å². The number of rotatable bonds is 0. The molecule has 0 saturated carbocycles. The van der Waals surface area contributed by atoms with Crippen LogP contribution in [0.3, 0.4) is 0 Å². The van der Waals surface area contributed by atoms with Crippen molar-refractivity contribution in [2.45, 2.75) is 0 Å². The molecule has 29 heavy (non-hydrogen) atoms. The Balaban J connectivity index is 1.85. The van der Waals surface area contributed by atoms with E-state index >= 15 is 0 Å². The number of benzene rings is 4. The summed E-state index contributed by atoms with van der Waals surface area (Å²) in [5.41, 5.74) is 5.41. The minimum Gasteiger partial charge on any atom is -0.0602 e. The van der Waals surface area contributed by atoms with Crippen LogP contribution in [-0.2, 0) is 0 Å². The molecule has 2 heterocycles. The minimum atomic E-state index is -2.33. The van der Waals surface area contributed by atoms with Crippen LogP contribution >= 0.6 is 63.7 Å². The molecule has 1 spiro atoms. The Morgan fingerprint density at radius 3 is 0.862 bits per heavy atom. The van der Waals surface area contributed by atoms with Gasteiger partial charge in [-0.15, -0.1) is 0 Å². The van der Waals surface area contributed by atoms with Gasteiger partial charge < -0.3 is 0 Å². The van der Waals surface area contributed by atoms with Crippen LogP contribution in [0, 0.1) is 0 Å². The molecule has 5 heteroatoms. The Morgan fingerprint density at radius 2 is 0.621 bits per heavy atom. The summed E-state index contributed by atoms with van der Waals surface area (Å²) >= 11 is 14.8. The fourth-order valence-electron chi connectivity index (χ4n) is 5.14. The summed E-state index contributed by atoms with van der Waals surface area (Å²) in [4.78, 5) is 0. The summed E-state index contributed by atoms with van der Waals surface area (Å²) in [5.74, 6) is 0. The number of fused-ring (bicyclic) bond motifs is 10. The molecule has 4 aromatic carbocycles. The Kier molecular flexibility index (Phi) is 4.21. The van der Waals surface area contributed by atoms with E-state index in [1.807, 2.05) is 0 Å². The summed E-state index contributed by atoms with van der Waals surface area (Å²) in [6, 6.07) is 27.3. The fourth-order valence-corrected chi connectivity index (χ4v) is 12.1. The topological polar surface area (TPSA) is 0 Å². The van der Waals surface area contributed by atoms with Crippen LogP contribution in [0.5, 0.6) is 0 Å². The third-order valence-corrected chi connectivity index (χ3v) is 13.1. The molecule has 2 aliphatic rings. The van der Waals surface area contributed by atoms with Crippen molar-refractivity contribution in [3.8, 4) is 22.3 Å². The highest BCUT2D eigenvalue weighted by atomic mass is 79.9. The Labute approximate surface area is 203 Å². The molecule has 0 nitrogen and oxygen atoms in total. The van der Waals surface area contributed by atoms with Crippen LogP contribution in [0.4, 0.5) is 0 Å². The molecular formula is C24H12Br4Si. The third kappa shape index (κ3) is 2.45. The van der Waals surface area contributed by atoms with E-state index in [9.17, 15) is 0 Å². The van der Waals surface area contributed by atoms with Crippen molar-refractivity contribution in [1.82, 2.24) is 0 Å². The predicted molar refractivity (Wildman–Crippen MR) is 139 cm³/mol. The van der Waals surface area contributed by atoms with Gasteiger partial charge in [0, 0.05) is 17.9 Å². The van der Waals surface area contributed by atoms with Crippen molar-refractivity contribution >= 4 is 92.5 Å². The summed E-state index contributed by atoms with van der Waals surface area (Å²) in [7, 11) is -2.33. The molecular weight excluding hydrogens is 636 g/mol. The van der Waals surface area contributed by atoms with E-state index in [0.29, 0.717) is 0 Å². The van der Waals surface area contributed by atoms with Gasteiger partial charge in [-0.25, -0.2) is 0 Å². The first kappa shape index (κ1) is 18.8. The van der Waals surface area contributed by atoms with Gasteiger partial charge in [0.1, 0.15) is 0 Å². The number of halogens is 4. The SMILES string of the molecule is Brc1ccc2c(c1)-c1cc(Br)ccc1[Si]21c2ccc(Br)cc2-c2cc(Br)ccc21. The normalized spacial score (nSPS) is 14.5. The Bertz CT molecular complexity index is 1150. The minimum absolute atomic E-state index is 1.12. The molecule has 0 radical (unpaired) electrons. The first-order valence-corrected chi connectivity index (χ1v) is 14.4. The smallest absolute Gasteiger partial charge is 0.0602 e. The maximum absolute atomic E-state index is 3.71. The van der Waals surface area contributed by atoms with E-state index in [4.69, 9.17) is 0 Å². The first-order valence-electron chi connectivity index (χ1n) is 9.21. The standard InChI is InChI=1S/C24H12Br4Si/c25-13-1-5-21-17(9-13)18-10-14(26)2-6-22(18)29(21)23-7-3-15(27)11-19(23)20-12-16(28)4-8-24(20)29/h1-12H. The van der Waals surface area contributed by atoms with Gasteiger partial charge in [0.2, 0.25) is 0 Å². The van der Waals surface area contributed by atoms with Gasteiger partial charge in [0.05, 0.1) is 0 Å². The molecule has 0 aromatic heterocycles. The lowest BCUT2D eigenvalue weighted by molar-refractivity contribution is 1.64. The second kappa shape index (κ2) is 6.51. The van der Waals surface area contributed by atoms with Crippen molar-refractivity contribution in [2.75, 3.05) is 0 Å². The molecule has 2 aliphatic heterocycles. The van der Waals surface area contributed by atoms with Gasteiger partial charge in [-0.05, 0) is 91.5 Å². The van der Waals surface area contributed by atoms with Crippen molar-refractivity contribution in [3.63, 3.8) is 0 Å². The molecule has 140 valence electrons. The van der Waals surface area contributed by atoms with Crippen molar-refractivity contribution < 1.29 is 0 Å². The summed E-state index contributed by atoms with van der Waals surface area (Å²) in [6.45, 7) is 0. The van der Waals surface area contributed by atoms with Gasteiger partial charge in [0.15, 0.2) is 8.07 Å². The summed E-state index contributed by atoms with van der Waals surface area (Å²) in [5, 5.41) is 5.94. The average molecular weight is 648 g/mol. The van der Waals surface area contributed by atoms with Gasteiger partial charge >= 0.3 is 0 Å². The molecule has 0 unspecified atom stereocenters. The molecule has 0 atom stereocenters. The average Bonchev–Trinajstić information content (AvgIpc) is 3.13. The highest BCUT2D eigenvalue weighted by Gasteiger charge is 2.54. The zero-order valence-corrected chi connectivity index (χ0v) is 22.3. The van der Waals surface area contributed by atoms with E-state index in [-0.39, 0.29) is 0 Å². The lowest BCUT2D eigenvalue weighted by Gasteiger charge is -2.27. The molecule has 0 bridgehead atoms. The molecule has 0 fully saturated rings. The second-order valence-corrected chi connectivity index (χ2v) is 14.8. The maximum Gasteiger partial charge on any atom is 0.182 e. The lowest BCUT2D eigenvalue weighted by atomic mass is 10.1. The van der Waals surface area contributed by atoms with E-state index in [2.05, 4.69) is 137 Å². The van der Waals surface area contributed by atoms with Crippen LogP contribution in [0.2, 0.25) is 0 Å². The molecule has 0 aliphatic carbocycles. The van der Waals surface area contributed by atoms with E-state index in [1.54, 1.807) is 0 Å². The third-order valence-electron chi connectivity index (χ3n) is 6.12. The van der Waals surface area contributed by atoms with Crippen molar-refractivity contribution in [3.05, 3.63) is 90.7 Å². The molecule has 0 amide bonds. The Morgan fingerprint density at radius 1 is 0.379 bits per heavy atom. The van der Waals surface area contributed by atoms with Crippen molar-refractivity contribution in [2.24, 2.45) is 0 Å². The highest BCUT2D eigenvalue weighted by Crippen LogP contribution is 2.39. The zero-order valence-electron chi connectivity index (χ0n) is 14.9. The monoisotopic (exact) mass is 644 g/mol. The summed E-state index contributed by atoms with van der Waals surface area (Å²) in [6.07, 6.45) is 0. The van der Waals surface area contributed by atoms with Crippen LogP contribution in [0.1, 0.15) is 0 Å². The molecule has 6 rings (SSSR count). The molecule has 0 N–H and O–H groups in total. The second-order valence-electron chi connectivity index (χ2n) is 7.51. The Hall–Kier alpha value is -0.983. The number of hydrogen-bond donors (Lipinski definition) is 0. The van der Waals surface area contributed by atoms with Gasteiger partial charge in [-0.2, -0.15) is 0 Å². The predicted octanol–water partition coefficient (Wildman–Crippen LogP) is 6.07. The van der Waals surface area contributed by atoms with E-state index in [1.165, 1.54) is 43.0 Å². The number of hydrogen-bond acceptors (Lipinski definition) is 0. The van der Waals surface area contributed by atoms with E-state index < -0.39 is 8.07 Å².